The van der Waals surface area contributed by atoms with E-state index in [2.05, 4.69) is 84.7 Å². The molecule has 17 atom stereocenters. The fourth-order valence-electron chi connectivity index (χ4n) is 11.8. The summed E-state index contributed by atoms with van der Waals surface area (Å²) < 4.78 is 0. The molecule has 1 heterocycles. The van der Waals surface area contributed by atoms with Crippen molar-refractivity contribution < 1.29 is 102 Å². The second-order valence-electron chi connectivity index (χ2n) is 30.4. The normalized spacial score (nSPS) is 15.8. The van der Waals surface area contributed by atoms with E-state index in [1.54, 1.807) is 26.1 Å². The summed E-state index contributed by atoms with van der Waals surface area (Å²) in [6.45, 7) is 14.1. The van der Waals surface area contributed by atoms with E-state index in [0.29, 0.717) is 50.6 Å². The van der Waals surface area contributed by atoms with Gasteiger partial charge >= 0.3 is 0 Å². The van der Waals surface area contributed by atoms with E-state index in [-0.39, 0.29) is 51.1 Å². The summed E-state index contributed by atoms with van der Waals surface area (Å²) in [4.78, 5) is 221. The van der Waals surface area contributed by atoms with Gasteiger partial charge in [-0.3, -0.25) is 76.7 Å². The summed E-state index contributed by atoms with van der Waals surface area (Å²) in [5, 5.41) is 89.3. The van der Waals surface area contributed by atoms with Crippen molar-refractivity contribution in [2.24, 2.45) is 52.3 Å². The molecule has 0 fully saturated rings. The first kappa shape index (κ1) is 103. The Bertz CT molecular complexity index is 3620. The van der Waals surface area contributed by atoms with Crippen LogP contribution in [0.4, 0.5) is 0 Å². The number of aromatic nitrogens is 1. The number of aliphatic hydroxyl groups excluding tert-OH is 5. The number of hydrogen-bond acceptors (Lipinski definition) is 25. The Morgan fingerprint density at radius 2 is 0.650 bits per heavy atom. The number of rotatable bonds is 55. The molecule has 1 aromatic heterocycles. The molecule has 0 spiro atoms. The van der Waals surface area contributed by atoms with Crippen LogP contribution in [0.25, 0.3) is 10.9 Å². The average Bonchev–Trinajstić information content (AvgIpc) is 1.73. The minimum Gasteiger partial charge on any atom is -0.394 e. The summed E-state index contributed by atoms with van der Waals surface area (Å²) in [5.41, 5.74) is 30.0. The molecule has 0 bridgehead atoms. The molecule has 660 valence electrons. The van der Waals surface area contributed by atoms with Crippen molar-refractivity contribution in [3.8, 4) is 0 Å². The topological polar surface area (TPSA) is 701 Å². The lowest BCUT2D eigenvalue weighted by atomic mass is 9.99. The van der Waals surface area contributed by atoms with Gasteiger partial charge in [0, 0.05) is 23.5 Å². The second-order valence-corrected chi connectivity index (χ2v) is 30.4. The molecule has 0 aliphatic carbocycles. The third kappa shape index (κ3) is 34.9. The van der Waals surface area contributed by atoms with Crippen LogP contribution in [0.5, 0.6) is 0 Å². The molecule has 0 aliphatic heterocycles. The Kier molecular flexibility index (Phi) is 46.3. The van der Waals surface area contributed by atoms with Crippen molar-refractivity contribution >= 4 is 105 Å². The Morgan fingerprint density at radius 1 is 0.350 bits per heavy atom. The minimum absolute atomic E-state index is 0.0171. The molecular weight excluding hydrogens is 1530 g/mol. The third-order valence-electron chi connectivity index (χ3n) is 18.9. The number of aromatic amines is 1. The molecule has 42 nitrogen and oxygen atoms in total. The standard InChI is InChI=1S/C75H129N21O21/c1-36(2)29-51(67(109)91-53(33-98)68(110)85-48(24-16-19-27-77)65(107)83-41(10)61(103)87-50(60(80)102)30-44-31-81-47-23-14-13-21-45(44)47)88-69(111)52(32-97)89-63(105)42(11)84-75(117)59(43(12)101)96-74(116)58(39(7)8)93-66(108)49(25-17-20-28-78)86-72(114)56(37(3)4)94-71(113)55(35-100)92-73(115)57(38(5)6)95-70(112)54(34-99)90-62(104)40(9)82-64(106)46(79)22-15-18-26-76/h13-14,21,23,31,36-43,46,48-59,81,97-101H,15-20,22,24-30,32-35,76-79H2,1-12H3,(H2,80,102)(H,82,106)(H,83,107)(H,84,117)(H,85,110)(H,86,114)(H,87,103)(H,88,111)(H,89,105)(H,90,104)(H,91,109)(H,92,115)(H,93,108)(H,94,113)(H,95,112)(H,96,116)/t40-,41-,42-,43+,46-,48-,49-,50-,51-,52-,53-,54-,55-,56-,57-,58-,59-/m0/s1. The maximum absolute atomic E-state index is 14.3. The van der Waals surface area contributed by atoms with Crippen LogP contribution in [0.3, 0.4) is 0 Å². The summed E-state index contributed by atoms with van der Waals surface area (Å²) >= 11 is 0. The summed E-state index contributed by atoms with van der Waals surface area (Å²) in [5.74, 6) is -18.1. The number of hydrogen-bond donors (Lipinski definition) is 26. The van der Waals surface area contributed by atoms with Crippen molar-refractivity contribution in [3.05, 3.63) is 36.0 Å². The maximum atomic E-state index is 14.3. The van der Waals surface area contributed by atoms with E-state index in [1.165, 1.54) is 55.4 Å². The minimum atomic E-state index is -1.84. The van der Waals surface area contributed by atoms with E-state index in [0.717, 1.165) is 24.8 Å². The summed E-state index contributed by atoms with van der Waals surface area (Å²) in [7, 11) is 0. The molecule has 2 rings (SSSR count). The zero-order valence-electron chi connectivity index (χ0n) is 68.9. The van der Waals surface area contributed by atoms with Crippen LogP contribution in [0, 0.1) is 23.7 Å². The Labute approximate surface area is 680 Å². The van der Waals surface area contributed by atoms with Gasteiger partial charge in [-0.1, -0.05) is 80.0 Å². The van der Waals surface area contributed by atoms with Crippen LogP contribution >= 0.6 is 0 Å². The zero-order chi connectivity index (χ0) is 88.7. The molecular formula is C75H129N21O21. The lowest BCUT2D eigenvalue weighted by Crippen LogP contribution is -2.63. The van der Waals surface area contributed by atoms with Crippen molar-refractivity contribution in [2.75, 3.05) is 46.1 Å². The van der Waals surface area contributed by atoms with Gasteiger partial charge in [0.1, 0.15) is 90.6 Å². The van der Waals surface area contributed by atoms with Gasteiger partial charge < -0.3 is 139 Å². The molecule has 31 N–H and O–H groups in total. The number of nitrogens with two attached hydrogens (primary N) is 5. The monoisotopic (exact) mass is 1660 g/mol. The van der Waals surface area contributed by atoms with Gasteiger partial charge in [-0.2, -0.15) is 0 Å². The highest BCUT2D eigenvalue weighted by Gasteiger charge is 2.40. The number of nitrogens with one attached hydrogen (secondary N) is 16. The van der Waals surface area contributed by atoms with Gasteiger partial charge in [-0.25, -0.2) is 0 Å². The Morgan fingerprint density at radius 3 is 1.04 bits per heavy atom. The highest BCUT2D eigenvalue weighted by atomic mass is 16.3. The third-order valence-corrected chi connectivity index (χ3v) is 18.9. The highest BCUT2D eigenvalue weighted by Crippen LogP contribution is 2.20. The first-order valence-corrected chi connectivity index (χ1v) is 39.4. The average molecular weight is 1660 g/mol. The van der Waals surface area contributed by atoms with Crippen molar-refractivity contribution in [1.82, 2.24) is 84.7 Å². The molecule has 0 aliphatic rings. The molecule has 117 heavy (non-hydrogen) atoms. The molecule has 0 saturated carbocycles. The summed E-state index contributed by atoms with van der Waals surface area (Å²) in [6.07, 6.45) is 2.55. The lowest BCUT2D eigenvalue weighted by Gasteiger charge is -2.30. The molecule has 0 radical (unpaired) electrons. The van der Waals surface area contributed by atoms with Crippen LogP contribution in [0.2, 0.25) is 0 Å². The van der Waals surface area contributed by atoms with Crippen LogP contribution in [-0.2, 0) is 83.1 Å². The van der Waals surface area contributed by atoms with Crippen LogP contribution in [0.15, 0.2) is 30.5 Å². The van der Waals surface area contributed by atoms with Crippen LogP contribution in [-0.4, -0.2) is 274 Å². The van der Waals surface area contributed by atoms with E-state index in [9.17, 15) is 102 Å². The first-order valence-electron chi connectivity index (χ1n) is 39.4. The number of primary amides is 1. The number of carbonyl (C=O) groups is 16. The number of carbonyl (C=O) groups excluding carboxylic acids is 16. The van der Waals surface area contributed by atoms with Gasteiger partial charge in [-0.05, 0) is 140 Å². The van der Waals surface area contributed by atoms with Crippen molar-refractivity contribution in [1.29, 1.82) is 0 Å². The van der Waals surface area contributed by atoms with Crippen LogP contribution < -0.4 is 108 Å². The van der Waals surface area contributed by atoms with Gasteiger partial charge in [0.25, 0.3) is 0 Å². The molecule has 2 aromatic rings. The predicted molar refractivity (Wildman–Crippen MR) is 428 cm³/mol. The SMILES string of the molecule is CC(C)C[C@H](NC(=O)[C@H](CO)NC(=O)[C@H](C)NC(=O)[C@@H](NC(=O)[C@@H](NC(=O)[C@H](CCCCN)NC(=O)[C@@H](NC(=O)[C@H](CO)NC(=O)[C@@H](NC(=O)[C@H](CO)NC(=O)[C@H](C)NC(=O)[C@@H](N)CCCCN)C(C)C)C(C)C)C(C)C)[C@@H](C)O)C(=O)N[C@@H](CO)C(=O)N[C@@H](CCCCN)C(=O)N[C@@H](C)C(=O)N[C@@H](Cc1c[nH]c2ccccc12)C(N)=O. The molecule has 1 aromatic carbocycles. The number of aliphatic hydroxyl groups is 5. The molecule has 16 amide bonds. The number of unbranched alkanes of at least 4 members (excludes halogenated alkanes) is 3. The maximum Gasteiger partial charge on any atom is 0.245 e. The lowest BCUT2D eigenvalue weighted by molar-refractivity contribution is -0.138. The van der Waals surface area contributed by atoms with Crippen molar-refractivity contribution in [3.63, 3.8) is 0 Å². The van der Waals surface area contributed by atoms with E-state index in [4.69, 9.17) is 28.7 Å². The van der Waals surface area contributed by atoms with Crippen molar-refractivity contribution in [2.45, 2.75) is 256 Å². The largest absolute Gasteiger partial charge is 0.394 e. The van der Waals surface area contributed by atoms with Gasteiger partial charge in [0.15, 0.2) is 0 Å². The van der Waals surface area contributed by atoms with Gasteiger partial charge in [-0.15, -0.1) is 0 Å². The van der Waals surface area contributed by atoms with E-state index < -0.39 is 241 Å². The highest BCUT2D eigenvalue weighted by molar-refractivity contribution is 6.01. The second kappa shape index (κ2) is 52.6. The first-order chi connectivity index (χ1) is 55.1. The number of fused-ring (bicyclic) bond motifs is 1. The van der Waals surface area contributed by atoms with Crippen LogP contribution in [0.1, 0.15) is 153 Å². The molecule has 0 unspecified atom stereocenters. The number of para-hydroxylation sites is 1. The fourth-order valence-corrected chi connectivity index (χ4v) is 11.8. The van der Waals surface area contributed by atoms with E-state index in [1.807, 2.05) is 18.2 Å². The molecule has 0 saturated heterocycles. The smallest absolute Gasteiger partial charge is 0.245 e. The predicted octanol–water partition coefficient (Wildman–Crippen LogP) is -8.39. The van der Waals surface area contributed by atoms with E-state index >= 15 is 0 Å². The number of benzene rings is 1. The quantitative estimate of drug-likeness (QED) is 0.0274. The van der Waals surface area contributed by atoms with Gasteiger partial charge in [0.05, 0.1) is 38.6 Å². The van der Waals surface area contributed by atoms with Gasteiger partial charge in [0.2, 0.25) is 94.5 Å². The molecule has 42 heteroatoms. The Balaban J connectivity index is 2.21. The Hall–Kier alpha value is -10.1. The fraction of sp³-hybridized carbons (Fsp3) is 0.680. The summed E-state index contributed by atoms with van der Waals surface area (Å²) in [6, 6.07) is -16.5. The number of H-pyrrole nitrogens is 1. The zero-order valence-corrected chi connectivity index (χ0v) is 68.9. The number of amides is 16.